The molecule has 82 valence electrons. The van der Waals surface area contributed by atoms with E-state index in [2.05, 4.69) is 30.2 Å². The molecule has 0 fully saturated rings. The van der Waals surface area contributed by atoms with Crippen LogP contribution in [0.2, 0.25) is 0 Å². The lowest BCUT2D eigenvalue weighted by molar-refractivity contribution is -0.107. The molecule has 0 unspecified atom stereocenters. The molecule has 0 aliphatic heterocycles. The van der Waals surface area contributed by atoms with Gasteiger partial charge in [0.05, 0.1) is 5.69 Å². The molecular formula is C12H18N2O. The van der Waals surface area contributed by atoms with Crippen LogP contribution in [0.5, 0.6) is 0 Å². The van der Waals surface area contributed by atoms with E-state index in [1.54, 1.807) is 0 Å². The van der Waals surface area contributed by atoms with Crippen molar-refractivity contribution < 1.29 is 4.79 Å². The number of nitrogens with zero attached hydrogens (tertiary/aromatic N) is 1. The average Bonchev–Trinajstić information content (AvgIpc) is 2.21. The zero-order valence-electron chi connectivity index (χ0n) is 9.58. The Morgan fingerprint density at radius 2 is 2.20 bits per heavy atom. The van der Waals surface area contributed by atoms with Gasteiger partial charge in [-0.3, -0.25) is 4.98 Å². The lowest BCUT2D eigenvalue weighted by Crippen LogP contribution is -2.10. The van der Waals surface area contributed by atoms with E-state index < -0.39 is 0 Å². The molecule has 1 N–H and O–H groups in total. The lowest BCUT2D eigenvalue weighted by Gasteiger charge is -2.10. The van der Waals surface area contributed by atoms with Gasteiger partial charge in [-0.15, -0.1) is 0 Å². The first-order valence-corrected chi connectivity index (χ1v) is 5.26. The van der Waals surface area contributed by atoms with Crippen molar-refractivity contribution >= 4 is 6.29 Å². The van der Waals surface area contributed by atoms with Gasteiger partial charge in [0, 0.05) is 18.7 Å². The molecule has 0 amide bonds. The Hall–Kier alpha value is -1.22. The third-order valence-electron chi connectivity index (χ3n) is 2.33. The maximum absolute atomic E-state index is 10.6. The molecule has 0 saturated heterocycles. The number of carbonyl (C=O) groups excluding carboxylic acids is 1. The van der Waals surface area contributed by atoms with E-state index in [4.69, 9.17) is 0 Å². The van der Waals surface area contributed by atoms with E-state index in [1.807, 2.05) is 13.1 Å². The Labute approximate surface area is 90.9 Å². The molecule has 3 heteroatoms. The maximum atomic E-state index is 10.6. The average molecular weight is 206 g/mol. The van der Waals surface area contributed by atoms with Crippen LogP contribution in [0, 0.1) is 0 Å². The molecular weight excluding hydrogens is 188 g/mol. The molecule has 1 heterocycles. The first-order valence-electron chi connectivity index (χ1n) is 5.26. The molecule has 3 nitrogen and oxygen atoms in total. The molecule has 0 aromatic carbocycles. The normalized spacial score (nSPS) is 10.7. The van der Waals surface area contributed by atoms with Crippen molar-refractivity contribution in [3.8, 4) is 0 Å². The zero-order chi connectivity index (χ0) is 11.3. The van der Waals surface area contributed by atoms with Gasteiger partial charge in [-0.05, 0) is 24.6 Å². The minimum absolute atomic E-state index is 0.400. The minimum atomic E-state index is 0.400. The largest absolute Gasteiger partial charge is 0.316 e. The third-order valence-corrected chi connectivity index (χ3v) is 2.33. The van der Waals surface area contributed by atoms with E-state index in [1.165, 1.54) is 0 Å². The first kappa shape index (κ1) is 11.9. The SMILES string of the molecule is CNCc1ccc(C(C)C)nc1CC=O. The Morgan fingerprint density at radius 1 is 1.47 bits per heavy atom. The Morgan fingerprint density at radius 3 is 2.73 bits per heavy atom. The fourth-order valence-electron chi connectivity index (χ4n) is 1.48. The summed E-state index contributed by atoms with van der Waals surface area (Å²) in [6.45, 7) is 4.96. The molecule has 0 bridgehead atoms. The monoisotopic (exact) mass is 206 g/mol. The summed E-state index contributed by atoms with van der Waals surface area (Å²) in [5.74, 6) is 0.402. The van der Waals surface area contributed by atoms with Crippen molar-refractivity contribution in [2.45, 2.75) is 32.7 Å². The summed E-state index contributed by atoms with van der Waals surface area (Å²) in [5.41, 5.74) is 3.05. The number of aldehydes is 1. The van der Waals surface area contributed by atoms with Crippen LogP contribution in [0.1, 0.15) is 36.7 Å². The summed E-state index contributed by atoms with van der Waals surface area (Å²) >= 11 is 0. The van der Waals surface area contributed by atoms with E-state index in [0.29, 0.717) is 12.3 Å². The molecule has 0 saturated carbocycles. The predicted octanol–water partition coefficient (Wildman–Crippen LogP) is 1.67. The van der Waals surface area contributed by atoms with Gasteiger partial charge in [0.25, 0.3) is 0 Å². The summed E-state index contributed by atoms with van der Waals surface area (Å²) in [4.78, 5) is 15.1. The highest BCUT2D eigenvalue weighted by Gasteiger charge is 2.07. The Bertz CT molecular complexity index is 334. The number of rotatable bonds is 5. The second-order valence-corrected chi connectivity index (χ2v) is 3.90. The molecule has 0 spiro atoms. The van der Waals surface area contributed by atoms with Crippen LogP contribution in [0.4, 0.5) is 0 Å². The summed E-state index contributed by atoms with van der Waals surface area (Å²) in [6, 6.07) is 4.09. The van der Waals surface area contributed by atoms with Gasteiger partial charge in [-0.2, -0.15) is 0 Å². The van der Waals surface area contributed by atoms with Crippen LogP contribution in [-0.4, -0.2) is 18.3 Å². The Balaban J connectivity index is 3.02. The Kier molecular flexibility index (Phi) is 4.43. The smallest absolute Gasteiger partial charge is 0.125 e. The number of hydrogen-bond donors (Lipinski definition) is 1. The van der Waals surface area contributed by atoms with Crippen LogP contribution in [-0.2, 0) is 17.8 Å². The molecule has 0 radical (unpaired) electrons. The highest BCUT2D eigenvalue weighted by atomic mass is 16.1. The van der Waals surface area contributed by atoms with Crippen LogP contribution in [0.15, 0.2) is 12.1 Å². The van der Waals surface area contributed by atoms with E-state index >= 15 is 0 Å². The molecule has 1 aromatic heterocycles. The second kappa shape index (κ2) is 5.61. The maximum Gasteiger partial charge on any atom is 0.125 e. The molecule has 15 heavy (non-hydrogen) atoms. The number of nitrogens with one attached hydrogen (secondary N) is 1. The van der Waals surface area contributed by atoms with Crippen molar-refractivity contribution in [3.63, 3.8) is 0 Å². The van der Waals surface area contributed by atoms with Gasteiger partial charge >= 0.3 is 0 Å². The molecule has 0 aliphatic rings. The number of aromatic nitrogens is 1. The fraction of sp³-hybridized carbons (Fsp3) is 0.500. The number of carbonyl (C=O) groups is 1. The van der Waals surface area contributed by atoms with Crippen LogP contribution in [0.25, 0.3) is 0 Å². The molecule has 1 rings (SSSR count). The van der Waals surface area contributed by atoms with Gasteiger partial charge in [0.2, 0.25) is 0 Å². The van der Waals surface area contributed by atoms with Crippen LogP contribution in [0.3, 0.4) is 0 Å². The van der Waals surface area contributed by atoms with Crippen molar-refractivity contribution in [1.82, 2.24) is 10.3 Å². The second-order valence-electron chi connectivity index (χ2n) is 3.90. The highest BCUT2D eigenvalue weighted by molar-refractivity contribution is 5.54. The first-order chi connectivity index (χ1) is 7.19. The summed E-state index contributed by atoms with van der Waals surface area (Å²) in [5, 5.41) is 3.08. The summed E-state index contributed by atoms with van der Waals surface area (Å²) < 4.78 is 0. The van der Waals surface area contributed by atoms with Crippen LogP contribution >= 0.6 is 0 Å². The van der Waals surface area contributed by atoms with Crippen molar-refractivity contribution in [2.75, 3.05) is 7.05 Å². The fourth-order valence-corrected chi connectivity index (χ4v) is 1.48. The molecule has 1 aromatic rings. The van der Waals surface area contributed by atoms with Gasteiger partial charge in [-0.25, -0.2) is 0 Å². The molecule has 0 aliphatic carbocycles. The summed E-state index contributed by atoms with van der Waals surface area (Å²) in [6.07, 6.45) is 1.31. The highest BCUT2D eigenvalue weighted by Crippen LogP contribution is 2.15. The number of hydrogen-bond acceptors (Lipinski definition) is 3. The number of pyridine rings is 1. The van der Waals surface area contributed by atoms with E-state index in [-0.39, 0.29) is 0 Å². The van der Waals surface area contributed by atoms with Gasteiger partial charge < -0.3 is 10.1 Å². The minimum Gasteiger partial charge on any atom is -0.316 e. The van der Waals surface area contributed by atoms with Crippen molar-refractivity contribution in [3.05, 3.63) is 29.1 Å². The molecule has 0 atom stereocenters. The lowest BCUT2D eigenvalue weighted by atomic mass is 10.1. The predicted molar refractivity (Wildman–Crippen MR) is 60.9 cm³/mol. The topological polar surface area (TPSA) is 42.0 Å². The van der Waals surface area contributed by atoms with Crippen LogP contribution < -0.4 is 5.32 Å². The van der Waals surface area contributed by atoms with E-state index in [9.17, 15) is 4.79 Å². The van der Waals surface area contributed by atoms with Gasteiger partial charge in [0.15, 0.2) is 0 Å². The standard InChI is InChI=1S/C12H18N2O/c1-9(2)11-5-4-10(8-13-3)12(14-11)6-7-15/h4-5,7,9,13H,6,8H2,1-3H3. The summed E-state index contributed by atoms with van der Waals surface area (Å²) in [7, 11) is 1.89. The van der Waals surface area contributed by atoms with Gasteiger partial charge in [-0.1, -0.05) is 19.9 Å². The zero-order valence-corrected chi connectivity index (χ0v) is 9.58. The van der Waals surface area contributed by atoms with Gasteiger partial charge in [0.1, 0.15) is 6.29 Å². The van der Waals surface area contributed by atoms with Crippen molar-refractivity contribution in [2.24, 2.45) is 0 Å². The van der Waals surface area contributed by atoms with E-state index in [0.717, 1.165) is 29.8 Å². The third kappa shape index (κ3) is 3.13. The van der Waals surface area contributed by atoms with Crippen molar-refractivity contribution in [1.29, 1.82) is 0 Å². The quantitative estimate of drug-likeness (QED) is 0.745.